The maximum absolute atomic E-state index is 5.80. The molecule has 1 aromatic rings. The molecule has 1 aliphatic rings. The predicted molar refractivity (Wildman–Crippen MR) is 129 cm³/mol. The van der Waals surface area contributed by atoms with E-state index in [1.807, 2.05) is 6.07 Å². The number of aromatic nitrogens is 1. The average Bonchev–Trinajstić information content (AvgIpc) is 3.12. The summed E-state index contributed by atoms with van der Waals surface area (Å²) in [5, 5.41) is 10.9. The molecule has 0 spiro atoms. The van der Waals surface area contributed by atoms with Gasteiger partial charge in [0, 0.05) is 44.7 Å². The molecule has 29 heavy (non-hydrogen) atoms. The number of hydrogen-bond acceptors (Lipinski definition) is 5. The van der Waals surface area contributed by atoms with Crippen LogP contribution < -0.4 is 10.6 Å². The van der Waals surface area contributed by atoms with Crippen molar-refractivity contribution in [1.82, 2.24) is 20.7 Å². The van der Waals surface area contributed by atoms with Crippen LogP contribution in [0.4, 0.5) is 0 Å². The van der Waals surface area contributed by atoms with Gasteiger partial charge in [-0.15, -0.1) is 24.0 Å². The lowest BCUT2D eigenvalue weighted by molar-refractivity contribution is -0.0679. The number of halogens is 1. The minimum Gasteiger partial charge on any atom is -0.373 e. The first-order valence-electron chi connectivity index (χ1n) is 10.9. The number of aliphatic imine (C=N–C) groups is 1. The van der Waals surface area contributed by atoms with Gasteiger partial charge in [-0.1, -0.05) is 19.0 Å². The summed E-state index contributed by atoms with van der Waals surface area (Å²) in [6.07, 6.45) is 3.88. The Morgan fingerprint density at radius 1 is 1.21 bits per heavy atom. The van der Waals surface area contributed by atoms with Crippen LogP contribution in [0.1, 0.15) is 71.3 Å². The zero-order valence-corrected chi connectivity index (χ0v) is 21.1. The summed E-state index contributed by atoms with van der Waals surface area (Å²) < 4.78 is 11.3. The molecular formula is C21H40IN5O2. The van der Waals surface area contributed by atoms with Crippen molar-refractivity contribution in [3.63, 3.8) is 0 Å². The molecule has 1 saturated heterocycles. The molecule has 1 aromatic heterocycles. The Bertz CT molecular complexity index is 581. The Labute approximate surface area is 193 Å². The van der Waals surface area contributed by atoms with E-state index in [9.17, 15) is 0 Å². The standard InChI is InChI=1S/C21H39N5O2.HI/c1-6-18(7-2)20-12-19(28-25-20)13-24-21(22-8-3)23-10-9-11-26-14-16(4)27-17(5)15-26;/h12,16-18H,6-11,13-15H2,1-5H3,(H2,22,23,24);1H. The number of ether oxygens (including phenoxy) is 1. The van der Waals surface area contributed by atoms with E-state index in [1.165, 1.54) is 0 Å². The van der Waals surface area contributed by atoms with Crippen molar-refractivity contribution in [1.29, 1.82) is 0 Å². The van der Waals surface area contributed by atoms with Crippen LogP contribution in [-0.4, -0.2) is 60.9 Å². The van der Waals surface area contributed by atoms with E-state index in [0.717, 1.165) is 69.4 Å². The first-order valence-corrected chi connectivity index (χ1v) is 10.9. The summed E-state index contributed by atoms with van der Waals surface area (Å²) in [7, 11) is 0. The quantitative estimate of drug-likeness (QED) is 0.212. The molecule has 8 heteroatoms. The van der Waals surface area contributed by atoms with Gasteiger partial charge in [-0.2, -0.15) is 0 Å². The van der Waals surface area contributed by atoms with Crippen molar-refractivity contribution >= 4 is 29.9 Å². The zero-order valence-electron chi connectivity index (χ0n) is 18.7. The molecule has 2 heterocycles. The van der Waals surface area contributed by atoms with Gasteiger partial charge in [0.15, 0.2) is 11.7 Å². The van der Waals surface area contributed by atoms with Gasteiger partial charge in [0.05, 0.1) is 17.9 Å². The highest BCUT2D eigenvalue weighted by molar-refractivity contribution is 14.0. The lowest BCUT2D eigenvalue weighted by Gasteiger charge is -2.35. The van der Waals surface area contributed by atoms with Crippen molar-refractivity contribution in [2.24, 2.45) is 4.99 Å². The third-order valence-corrected chi connectivity index (χ3v) is 5.16. The lowest BCUT2D eigenvalue weighted by Crippen LogP contribution is -2.46. The second-order valence-electron chi connectivity index (χ2n) is 7.72. The Kier molecular flexibility index (Phi) is 12.8. The van der Waals surface area contributed by atoms with Gasteiger partial charge in [0.2, 0.25) is 0 Å². The molecule has 2 unspecified atom stereocenters. The predicted octanol–water partition coefficient (Wildman–Crippen LogP) is 3.75. The first kappa shape index (κ1) is 26.2. The van der Waals surface area contributed by atoms with Crippen molar-refractivity contribution in [2.45, 2.75) is 78.6 Å². The third-order valence-electron chi connectivity index (χ3n) is 5.16. The minimum absolute atomic E-state index is 0. The van der Waals surface area contributed by atoms with Gasteiger partial charge >= 0.3 is 0 Å². The Morgan fingerprint density at radius 2 is 1.90 bits per heavy atom. The summed E-state index contributed by atoms with van der Waals surface area (Å²) in [6.45, 7) is 16.1. The molecule has 0 radical (unpaired) electrons. The van der Waals surface area contributed by atoms with Crippen LogP contribution in [0.3, 0.4) is 0 Å². The van der Waals surface area contributed by atoms with Crippen molar-refractivity contribution < 1.29 is 9.26 Å². The minimum atomic E-state index is 0. The largest absolute Gasteiger partial charge is 0.373 e. The normalized spacial score (nSPS) is 20.6. The lowest BCUT2D eigenvalue weighted by atomic mass is 9.99. The number of morpholine rings is 1. The van der Waals surface area contributed by atoms with Crippen molar-refractivity contribution in [3.05, 3.63) is 17.5 Å². The Balaban J connectivity index is 0.00000420. The molecule has 7 nitrogen and oxygen atoms in total. The maximum Gasteiger partial charge on any atom is 0.191 e. The van der Waals surface area contributed by atoms with Gasteiger partial charge < -0.3 is 19.9 Å². The molecule has 0 aromatic carbocycles. The van der Waals surface area contributed by atoms with E-state index in [-0.39, 0.29) is 24.0 Å². The van der Waals surface area contributed by atoms with Gasteiger partial charge in [0.25, 0.3) is 0 Å². The highest BCUT2D eigenvalue weighted by Crippen LogP contribution is 2.22. The fourth-order valence-electron chi connectivity index (χ4n) is 3.78. The molecule has 0 aliphatic carbocycles. The molecule has 2 rings (SSSR count). The number of nitrogens with one attached hydrogen (secondary N) is 2. The number of hydrogen-bond donors (Lipinski definition) is 2. The second-order valence-corrected chi connectivity index (χ2v) is 7.72. The topological polar surface area (TPSA) is 74.9 Å². The Hall–Kier alpha value is -0.870. The highest BCUT2D eigenvalue weighted by Gasteiger charge is 2.21. The first-order chi connectivity index (χ1) is 13.5. The van der Waals surface area contributed by atoms with E-state index < -0.39 is 0 Å². The molecule has 0 saturated carbocycles. The van der Waals surface area contributed by atoms with Crippen LogP contribution in [0.2, 0.25) is 0 Å². The third kappa shape index (κ3) is 9.21. The van der Waals surface area contributed by atoms with E-state index in [2.05, 4.69) is 60.3 Å². The van der Waals surface area contributed by atoms with Gasteiger partial charge in [-0.05, 0) is 40.0 Å². The SMILES string of the molecule is CCNC(=NCc1cc(C(CC)CC)no1)NCCCN1CC(C)OC(C)C1.I. The maximum atomic E-state index is 5.80. The monoisotopic (exact) mass is 521 g/mol. The van der Waals surface area contributed by atoms with E-state index in [4.69, 9.17) is 9.26 Å². The summed E-state index contributed by atoms with van der Waals surface area (Å²) in [5.74, 6) is 2.11. The van der Waals surface area contributed by atoms with Crippen LogP contribution in [0.25, 0.3) is 0 Å². The molecule has 1 fully saturated rings. The zero-order chi connectivity index (χ0) is 20.4. The van der Waals surface area contributed by atoms with Crippen LogP contribution in [0.5, 0.6) is 0 Å². The number of nitrogens with zero attached hydrogens (tertiary/aromatic N) is 3. The number of rotatable bonds is 10. The molecular weight excluding hydrogens is 481 g/mol. The summed E-state index contributed by atoms with van der Waals surface area (Å²) in [5.41, 5.74) is 1.04. The fourth-order valence-corrected chi connectivity index (χ4v) is 3.78. The van der Waals surface area contributed by atoms with Gasteiger partial charge in [-0.25, -0.2) is 4.99 Å². The van der Waals surface area contributed by atoms with Crippen LogP contribution in [0, 0.1) is 0 Å². The smallest absolute Gasteiger partial charge is 0.191 e. The molecule has 2 atom stereocenters. The summed E-state index contributed by atoms with van der Waals surface area (Å²) in [4.78, 5) is 7.13. The molecule has 168 valence electrons. The average molecular weight is 521 g/mol. The molecule has 0 bridgehead atoms. The molecule has 2 N–H and O–H groups in total. The molecule has 0 amide bonds. The number of guanidine groups is 1. The molecule has 1 aliphatic heterocycles. The summed E-state index contributed by atoms with van der Waals surface area (Å²) in [6, 6.07) is 2.05. The van der Waals surface area contributed by atoms with Crippen LogP contribution in [-0.2, 0) is 11.3 Å². The van der Waals surface area contributed by atoms with E-state index >= 15 is 0 Å². The van der Waals surface area contributed by atoms with Gasteiger partial charge in [-0.3, -0.25) is 4.90 Å². The Morgan fingerprint density at radius 3 is 2.52 bits per heavy atom. The second kappa shape index (κ2) is 14.2. The van der Waals surface area contributed by atoms with Gasteiger partial charge in [0.1, 0.15) is 6.54 Å². The summed E-state index contributed by atoms with van der Waals surface area (Å²) >= 11 is 0. The van der Waals surface area contributed by atoms with Crippen LogP contribution in [0.15, 0.2) is 15.6 Å². The van der Waals surface area contributed by atoms with Crippen molar-refractivity contribution in [3.8, 4) is 0 Å². The van der Waals surface area contributed by atoms with Crippen molar-refractivity contribution in [2.75, 3.05) is 32.7 Å². The van der Waals surface area contributed by atoms with E-state index in [1.54, 1.807) is 0 Å². The fraction of sp³-hybridized carbons (Fsp3) is 0.810. The van der Waals surface area contributed by atoms with E-state index in [0.29, 0.717) is 24.7 Å². The highest BCUT2D eigenvalue weighted by atomic mass is 127. The van der Waals surface area contributed by atoms with Crippen LogP contribution >= 0.6 is 24.0 Å².